The van der Waals surface area contributed by atoms with Crippen LogP contribution in [0.1, 0.15) is 40.0 Å². The molecule has 1 aliphatic rings. The minimum absolute atomic E-state index is 0.0604. The van der Waals surface area contributed by atoms with Crippen molar-refractivity contribution in [2.45, 2.75) is 46.1 Å². The van der Waals surface area contributed by atoms with Gasteiger partial charge in [0.1, 0.15) is 0 Å². The number of nitrogens with zero attached hydrogens (tertiary/aromatic N) is 1. The lowest BCUT2D eigenvalue weighted by molar-refractivity contribution is -0.142. The highest BCUT2D eigenvalue weighted by atomic mass is 32.2. The highest BCUT2D eigenvalue weighted by molar-refractivity contribution is 7.89. The van der Waals surface area contributed by atoms with Gasteiger partial charge in [0.2, 0.25) is 15.9 Å². The maximum absolute atomic E-state index is 12.4. The fraction of sp³-hybridized carbons (Fsp3) is 0.923. The number of amides is 1. The van der Waals surface area contributed by atoms with Gasteiger partial charge in [-0.1, -0.05) is 6.92 Å². The predicted molar refractivity (Wildman–Crippen MR) is 79.7 cm³/mol. The molecule has 1 saturated heterocycles. The monoisotopic (exact) mass is 305 g/mol. The maximum atomic E-state index is 12.4. The molecule has 0 aromatic heterocycles. The van der Waals surface area contributed by atoms with Gasteiger partial charge in [-0.25, -0.2) is 13.1 Å². The Morgan fingerprint density at radius 3 is 2.30 bits per heavy atom. The van der Waals surface area contributed by atoms with Crippen molar-refractivity contribution >= 4 is 15.9 Å². The normalized spacial score (nSPS) is 20.7. The van der Waals surface area contributed by atoms with E-state index in [0.717, 1.165) is 0 Å². The Morgan fingerprint density at radius 2 is 1.90 bits per heavy atom. The van der Waals surface area contributed by atoms with E-state index in [2.05, 4.69) is 4.72 Å². The number of likely N-dealkylation sites (tertiary alicyclic amines) is 1. The first-order valence-electron chi connectivity index (χ1n) is 7.27. The number of piperidine rings is 1. The number of carbonyl (C=O) groups is 1. The van der Waals surface area contributed by atoms with E-state index in [9.17, 15) is 13.2 Å². The van der Waals surface area contributed by atoms with Crippen molar-refractivity contribution < 1.29 is 13.2 Å². The predicted octanol–water partition coefficient (Wildman–Crippen LogP) is 0.292. The summed E-state index contributed by atoms with van der Waals surface area (Å²) in [4.78, 5) is 14.3. The molecule has 0 saturated carbocycles. The second-order valence-electron chi connectivity index (χ2n) is 5.71. The molecule has 1 amide bonds. The summed E-state index contributed by atoms with van der Waals surface area (Å²) >= 11 is 0. The van der Waals surface area contributed by atoms with Crippen LogP contribution in [-0.4, -0.2) is 50.7 Å². The molecule has 0 radical (unpaired) electrons. The highest BCUT2D eigenvalue weighted by Gasteiger charge is 2.35. The number of nitrogens with one attached hydrogen (secondary N) is 1. The van der Waals surface area contributed by atoms with Gasteiger partial charge in [0.05, 0.1) is 11.2 Å². The van der Waals surface area contributed by atoms with Crippen LogP contribution >= 0.6 is 0 Å². The topological polar surface area (TPSA) is 92.5 Å². The molecular weight excluding hydrogens is 278 g/mol. The SMILES string of the molecule is CCC(C)(CN)C(=O)N1CCC(NS(=O)(=O)CC)CC1. The van der Waals surface area contributed by atoms with Crippen LogP contribution in [0.5, 0.6) is 0 Å². The molecule has 0 bridgehead atoms. The molecule has 20 heavy (non-hydrogen) atoms. The zero-order valence-electron chi connectivity index (χ0n) is 12.7. The maximum Gasteiger partial charge on any atom is 0.229 e. The molecule has 0 aliphatic carbocycles. The van der Waals surface area contributed by atoms with Gasteiger partial charge < -0.3 is 10.6 Å². The van der Waals surface area contributed by atoms with Crippen molar-refractivity contribution in [2.75, 3.05) is 25.4 Å². The molecule has 3 N–H and O–H groups in total. The van der Waals surface area contributed by atoms with Crippen molar-refractivity contribution in [3.05, 3.63) is 0 Å². The van der Waals surface area contributed by atoms with Gasteiger partial charge in [-0.3, -0.25) is 4.79 Å². The minimum Gasteiger partial charge on any atom is -0.342 e. The van der Waals surface area contributed by atoms with Crippen LogP contribution in [0.3, 0.4) is 0 Å². The molecule has 0 spiro atoms. The fourth-order valence-electron chi connectivity index (χ4n) is 2.30. The van der Waals surface area contributed by atoms with Gasteiger partial charge in [0, 0.05) is 25.7 Å². The van der Waals surface area contributed by atoms with E-state index in [1.807, 2.05) is 18.7 Å². The van der Waals surface area contributed by atoms with Crippen LogP contribution in [0.15, 0.2) is 0 Å². The summed E-state index contributed by atoms with van der Waals surface area (Å²) in [6.07, 6.45) is 2.04. The van der Waals surface area contributed by atoms with Gasteiger partial charge in [-0.2, -0.15) is 0 Å². The molecule has 1 rings (SSSR count). The van der Waals surface area contributed by atoms with Crippen molar-refractivity contribution in [1.29, 1.82) is 0 Å². The first kappa shape index (κ1) is 17.4. The molecule has 1 unspecified atom stereocenters. The zero-order valence-corrected chi connectivity index (χ0v) is 13.5. The standard InChI is InChI=1S/C13H27N3O3S/c1-4-13(3,10-14)12(17)16-8-6-11(7-9-16)15-20(18,19)5-2/h11,15H,4-10,14H2,1-3H3. The number of nitrogens with two attached hydrogens (primary N) is 1. The van der Waals surface area contributed by atoms with Crippen LogP contribution < -0.4 is 10.5 Å². The number of rotatable bonds is 6. The lowest BCUT2D eigenvalue weighted by atomic mass is 9.85. The van der Waals surface area contributed by atoms with Crippen molar-refractivity contribution in [3.8, 4) is 0 Å². The molecule has 118 valence electrons. The van der Waals surface area contributed by atoms with E-state index in [1.165, 1.54) is 0 Å². The van der Waals surface area contributed by atoms with E-state index in [-0.39, 0.29) is 17.7 Å². The molecule has 1 aliphatic heterocycles. The second-order valence-corrected chi connectivity index (χ2v) is 7.75. The third kappa shape index (κ3) is 4.17. The first-order chi connectivity index (χ1) is 9.28. The molecule has 0 aromatic rings. The van der Waals surface area contributed by atoms with E-state index >= 15 is 0 Å². The van der Waals surface area contributed by atoms with E-state index in [4.69, 9.17) is 5.73 Å². The van der Waals surface area contributed by atoms with E-state index in [1.54, 1.807) is 6.92 Å². The van der Waals surface area contributed by atoms with Gasteiger partial charge in [0.25, 0.3) is 0 Å². The quantitative estimate of drug-likeness (QED) is 0.738. The molecular formula is C13H27N3O3S. The van der Waals surface area contributed by atoms with Crippen molar-refractivity contribution in [1.82, 2.24) is 9.62 Å². The van der Waals surface area contributed by atoms with Gasteiger partial charge in [-0.15, -0.1) is 0 Å². The Morgan fingerprint density at radius 1 is 1.35 bits per heavy atom. The Labute approximate surface area is 122 Å². The second kappa shape index (κ2) is 6.87. The third-order valence-electron chi connectivity index (χ3n) is 4.26. The molecule has 1 atom stereocenters. The van der Waals surface area contributed by atoms with Crippen molar-refractivity contribution in [3.63, 3.8) is 0 Å². The summed E-state index contributed by atoms with van der Waals surface area (Å²) < 4.78 is 25.7. The van der Waals surface area contributed by atoms with Crippen LogP contribution in [0, 0.1) is 5.41 Å². The number of hydrogen-bond donors (Lipinski definition) is 2. The first-order valence-corrected chi connectivity index (χ1v) is 8.92. The Balaban J connectivity index is 2.56. The summed E-state index contributed by atoms with van der Waals surface area (Å²) in [5.74, 6) is 0.173. The van der Waals surface area contributed by atoms with E-state index in [0.29, 0.717) is 38.9 Å². The summed E-state index contributed by atoms with van der Waals surface area (Å²) in [6.45, 7) is 6.99. The average Bonchev–Trinajstić information content (AvgIpc) is 2.46. The number of carbonyl (C=O) groups excluding carboxylic acids is 1. The fourth-order valence-corrected chi connectivity index (χ4v) is 3.21. The Kier molecular flexibility index (Phi) is 5.97. The zero-order chi connectivity index (χ0) is 15.4. The molecule has 1 heterocycles. The molecule has 1 fully saturated rings. The smallest absolute Gasteiger partial charge is 0.229 e. The summed E-state index contributed by atoms with van der Waals surface area (Å²) in [6, 6.07) is -0.0604. The van der Waals surface area contributed by atoms with Crippen molar-refractivity contribution in [2.24, 2.45) is 11.1 Å². The van der Waals surface area contributed by atoms with Crippen LogP contribution in [-0.2, 0) is 14.8 Å². The highest BCUT2D eigenvalue weighted by Crippen LogP contribution is 2.25. The lowest BCUT2D eigenvalue weighted by Gasteiger charge is -2.37. The van der Waals surface area contributed by atoms with E-state index < -0.39 is 15.4 Å². The average molecular weight is 305 g/mol. The van der Waals surface area contributed by atoms with Crippen LogP contribution in [0.25, 0.3) is 0 Å². The van der Waals surface area contributed by atoms with Gasteiger partial charge in [0.15, 0.2) is 0 Å². The largest absolute Gasteiger partial charge is 0.342 e. The van der Waals surface area contributed by atoms with Crippen LogP contribution in [0.4, 0.5) is 0 Å². The lowest BCUT2D eigenvalue weighted by Crippen LogP contribution is -2.52. The number of hydrogen-bond acceptors (Lipinski definition) is 4. The Hall–Kier alpha value is -0.660. The number of sulfonamides is 1. The minimum atomic E-state index is -3.17. The molecule has 7 heteroatoms. The van der Waals surface area contributed by atoms with Gasteiger partial charge >= 0.3 is 0 Å². The molecule has 6 nitrogen and oxygen atoms in total. The third-order valence-corrected chi connectivity index (χ3v) is 5.71. The van der Waals surface area contributed by atoms with Crippen LogP contribution in [0.2, 0.25) is 0 Å². The molecule has 0 aromatic carbocycles. The van der Waals surface area contributed by atoms with Gasteiger partial charge in [-0.05, 0) is 33.1 Å². The summed E-state index contributed by atoms with van der Waals surface area (Å²) in [5, 5.41) is 0. The Bertz CT molecular complexity index is 424. The summed E-state index contributed by atoms with van der Waals surface area (Å²) in [5.41, 5.74) is 5.21. The summed E-state index contributed by atoms with van der Waals surface area (Å²) in [7, 11) is -3.17.